The van der Waals surface area contributed by atoms with Crippen molar-refractivity contribution >= 4 is 5.69 Å². The van der Waals surface area contributed by atoms with Gasteiger partial charge in [-0.05, 0) is 25.6 Å². The molecular weight excluding hydrogens is 202 g/mol. The fraction of sp³-hybridized carbons (Fsp3) is 0.583. The quantitative estimate of drug-likeness (QED) is 0.832. The number of hydrogen-bond donors (Lipinski definition) is 1. The van der Waals surface area contributed by atoms with Crippen LogP contribution in [-0.4, -0.2) is 43.2 Å². The molecule has 4 heteroatoms. The Balaban J connectivity index is 1.96. The second-order valence-corrected chi connectivity index (χ2v) is 4.22. The Hall–Kier alpha value is -1.13. The summed E-state index contributed by atoms with van der Waals surface area (Å²) in [4.78, 5) is 6.69. The van der Waals surface area contributed by atoms with Gasteiger partial charge in [-0.1, -0.05) is 0 Å². The molecule has 1 fully saturated rings. The standard InChI is InChI=1S/C12H19N3O/c1-13-10-3-5-14-11(7-10)8-15(2)12-4-6-16-9-12/h3,5,7,12H,4,6,8-9H2,1-2H3,(H,13,14). The molecule has 2 rings (SSSR count). The number of hydrogen-bond acceptors (Lipinski definition) is 4. The summed E-state index contributed by atoms with van der Waals surface area (Å²) >= 11 is 0. The van der Waals surface area contributed by atoms with Crippen molar-refractivity contribution in [2.75, 3.05) is 32.6 Å². The van der Waals surface area contributed by atoms with Crippen LogP contribution in [-0.2, 0) is 11.3 Å². The normalized spacial score (nSPS) is 20.3. The predicted molar refractivity (Wildman–Crippen MR) is 64.5 cm³/mol. The van der Waals surface area contributed by atoms with Gasteiger partial charge in [0.1, 0.15) is 0 Å². The van der Waals surface area contributed by atoms with E-state index >= 15 is 0 Å². The molecule has 1 N–H and O–H groups in total. The molecule has 1 aliphatic rings. The van der Waals surface area contributed by atoms with Crippen molar-refractivity contribution in [1.82, 2.24) is 9.88 Å². The maximum absolute atomic E-state index is 5.39. The van der Waals surface area contributed by atoms with Crippen LogP contribution in [0.25, 0.3) is 0 Å². The molecular formula is C12H19N3O. The average molecular weight is 221 g/mol. The summed E-state index contributed by atoms with van der Waals surface area (Å²) in [6, 6.07) is 4.61. The molecule has 16 heavy (non-hydrogen) atoms. The molecule has 2 heterocycles. The van der Waals surface area contributed by atoms with Gasteiger partial charge in [-0.3, -0.25) is 9.88 Å². The number of nitrogens with one attached hydrogen (secondary N) is 1. The number of anilines is 1. The summed E-state index contributed by atoms with van der Waals surface area (Å²) < 4.78 is 5.39. The van der Waals surface area contributed by atoms with Gasteiger partial charge in [0.05, 0.1) is 12.3 Å². The second-order valence-electron chi connectivity index (χ2n) is 4.22. The fourth-order valence-corrected chi connectivity index (χ4v) is 1.97. The van der Waals surface area contributed by atoms with Crippen LogP contribution >= 0.6 is 0 Å². The number of nitrogens with zero attached hydrogens (tertiary/aromatic N) is 2. The molecule has 0 radical (unpaired) electrons. The van der Waals surface area contributed by atoms with Gasteiger partial charge < -0.3 is 10.1 Å². The van der Waals surface area contributed by atoms with Gasteiger partial charge in [0.25, 0.3) is 0 Å². The molecule has 0 aromatic carbocycles. The summed E-state index contributed by atoms with van der Waals surface area (Å²) in [6.45, 7) is 2.62. The van der Waals surface area contributed by atoms with E-state index in [1.165, 1.54) is 0 Å². The van der Waals surface area contributed by atoms with E-state index in [1.54, 1.807) is 0 Å². The van der Waals surface area contributed by atoms with Crippen molar-refractivity contribution in [3.8, 4) is 0 Å². The molecule has 1 aromatic rings. The molecule has 88 valence electrons. The summed E-state index contributed by atoms with van der Waals surface area (Å²) in [5.74, 6) is 0. The van der Waals surface area contributed by atoms with Crippen LogP contribution in [0.15, 0.2) is 18.3 Å². The smallest absolute Gasteiger partial charge is 0.0622 e. The van der Waals surface area contributed by atoms with Crippen molar-refractivity contribution in [2.45, 2.75) is 19.0 Å². The number of ether oxygens (including phenoxy) is 1. The van der Waals surface area contributed by atoms with E-state index in [0.717, 1.165) is 37.6 Å². The van der Waals surface area contributed by atoms with E-state index in [2.05, 4.69) is 28.3 Å². The monoisotopic (exact) mass is 221 g/mol. The minimum atomic E-state index is 0.542. The van der Waals surface area contributed by atoms with E-state index in [-0.39, 0.29) is 0 Å². The number of likely N-dealkylation sites (N-methyl/N-ethyl adjacent to an activating group) is 1. The van der Waals surface area contributed by atoms with Crippen molar-refractivity contribution in [3.63, 3.8) is 0 Å². The first kappa shape index (κ1) is 11.4. The van der Waals surface area contributed by atoms with Crippen LogP contribution < -0.4 is 5.32 Å². The third-order valence-corrected chi connectivity index (χ3v) is 3.05. The molecule has 1 saturated heterocycles. The first-order chi connectivity index (χ1) is 7.79. The zero-order valence-corrected chi connectivity index (χ0v) is 9.94. The lowest BCUT2D eigenvalue weighted by molar-refractivity contribution is 0.156. The molecule has 1 aliphatic heterocycles. The van der Waals surface area contributed by atoms with Crippen molar-refractivity contribution < 1.29 is 4.74 Å². The van der Waals surface area contributed by atoms with Crippen LogP contribution in [0.1, 0.15) is 12.1 Å². The van der Waals surface area contributed by atoms with Crippen molar-refractivity contribution in [1.29, 1.82) is 0 Å². The van der Waals surface area contributed by atoms with Gasteiger partial charge in [0.2, 0.25) is 0 Å². The predicted octanol–water partition coefficient (Wildman–Crippen LogP) is 1.34. The minimum absolute atomic E-state index is 0.542. The summed E-state index contributed by atoms with van der Waals surface area (Å²) in [5, 5.41) is 3.13. The maximum atomic E-state index is 5.39. The van der Waals surface area contributed by atoms with Crippen LogP contribution in [0.4, 0.5) is 5.69 Å². The molecule has 0 bridgehead atoms. The highest BCUT2D eigenvalue weighted by Gasteiger charge is 2.20. The van der Waals surface area contributed by atoms with Gasteiger partial charge in [0, 0.05) is 38.1 Å². The van der Waals surface area contributed by atoms with Crippen LogP contribution in [0.2, 0.25) is 0 Å². The number of rotatable bonds is 4. The Bertz CT molecular complexity index is 337. The fourth-order valence-electron chi connectivity index (χ4n) is 1.97. The lowest BCUT2D eigenvalue weighted by Crippen LogP contribution is -2.31. The van der Waals surface area contributed by atoms with Gasteiger partial charge in [-0.2, -0.15) is 0 Å². The zero-order chi connectivity index (χ0) is 11.4. The van der Waals surface area contributed by atoms with Gasteiger partial charge in [-0.25, -0.2) is 0 Å². The molecule has 0 spiro atoms. The molecule has 1 atom stereocenters. The summed E-state index contributed by atoms with van der Waals surface area (Å²) in [7, 11) is 4.06. The molecule has 0 amide bonds. The molecule has 0 aliphatic carbocycles. The number of aromatic nitrogens is 1. The zero-order valence-electron chi connectivity index (χ0n) is 9.94. The second kappa shape index (κ2) is 5.27. The van der Waals surface area contributed by atoms with Crippen LogP contribution in [0, 0.1) is 0 Å². The average Bonchev–Trinajstić information content (AvgIpc) is 2.83. The topological polar surface area (TPSA) is 37.4 Å². The Morgan fingerprint density at radius 3 is 3.19 bits per heavy atom. The van der Waals surface area contributed by atoms with Gasteiger partial charge in [-0.15, -0.1) is 0 Å². The highest BCUT2D eigenvalue weighted by molar-refractivity contribution is 5.42. The van der Waals surface area contributed by atoms with E-state index < -0.39 is 0 Å². The maximum Gasteiger partial charge on any atom is 0.0622 e. The first-order valence-electron chi connectivity index (χ1n) is 5.70. The van der Waals surface area contributed by atoms with E-state index in [0.29, 0.717) is 6.04 Å². The largest absolute Gasteiger partial charge is 0.388 e. The SMILES string of the molecule is CNc1ccnc(CN(C)C2CCOC2)c1. The lowest BCUT2D eigenvalue weighted by Gasteiger charge is -2.22. The highest BCUT2D eigenvalue weighted by Crippen LogP contribution is 2.14. The summed E-state index contributed by atoms with van der Waals surface area (Å²) in [6.07, 6.45) is 2.97. The van der Waals surface area contributed by atoms with Crippen LogP contribution in [0.3, 0.4) is 0 Å². The Morgan fingerprint density at radius 1 is 1.62 bits per heavy atom. The third-order valence-electron chi connectivity index (χ3n) is 3.05. The number of pyridine rings is 1. The van der Waals surface area contributed by atoms with Crippen molar-refractivity contribution in [2.24, 2.45) is 0 Å². The van der Waals surface area contributed by atoms with Crippen molar-refractivity contribution in [3.05, 3.63) is 24.0 Å². The Kier molecular flexibility index (Phi) is 3.74. The molecule has 1 aromatic heterocycles. The Morgan fingerprint density at radius 2 is 2.50 bits per heavy atom. The molecule has 1 unspecified atom stereocenters. The van der Waals surface area contributed by atoms with E-state index in [4.69, 9.17) is 4.74 Å². The highest BCUT2D eigenvalue weighted by atomic mass is 16.5. The van der Waals surface area contributed by atoms with E-state index in [9.17, 15) is 0 Å². The molecule has 0 saturated carbocycles. The Labute approximate surface area is 96.6 Å². The third kappa shape index (κ3) is 2.71. The lowest BCUT2D eigenvalue weighted by atomic mass is 10.2. The van der Waals surface area contributed by atoms with E-state index in [1.807, 2.05) is 19.3 Å². The van der Waals surface area contributed by atoms with Crippen LogP contribution in [0.5, 0.6) is 0 Å². The minimum Gasteiger partial charge on any atom is -0.388 e. The molecule has 4 nitrogen and oxygen atoms in total. The van der Waals surface area contributed by atoms with Gasteiger partial charge in [0.15, 0.2) is 0 Å². The van der Waals surface area contributed by atoms with Gasteiger partial charge >= 0.3 is 0 Å². The summed E-state index contributed by atoms with van der Waals surface area (Å²) in [5.41, 5.74) is 2.21. The first-order valence-corrected chi connectivity index (χ1v) is 5.70.